The lowest BCUT2D eigenvalue weighted by Gasteiger charge is -2.40. The molecule has 4 rings (SSSR count). The molecule has 1 aromatic carbocycles. The molecule has 0 spiro atoms. The van der Waals surface area contributed by atoms with E-state index in [0.717, 1.165) is 43.6 Å². The lowest BCUT2D eigenvalue weighted by molar-refractivity contribution is -0.0609. The molecule has 1 aliphatic carbocycles. The Morgan fingerprint density at radius 3 is 2.81 bits per heavy atom. The van der Waals surface area contributed by atoms with Crippen LogP contribution >= 0.6 is 0 Å². The van der Waals surface area contributed by atoms with Crippen molar-refractivity contribution in [3.8, 4) is 11.4 Å². The summed E-state index contributed by atoms with van der Waals surface area (Å²) in [7, 11) is 1.90. The second kappa shape index (κ2) is 6.54. The standard InChI is InChI=1S/C21H27N3O2/c1-3-21(26)11-7-10-16-13-24(14-17(16)21)20(25)18-12-22-19(23(18)2)15-8-5-4-6-9-15/h4-6,8-9,12,16-17,26H,3,7,10-11,13-14H2,1-2H3/t16-,17+,21-/m0/s1. The van der Waals surface area contributed by atoms with Crippen molar-refractivity contribution in [1.29, 1.82) is 0 Å². The number of hydrogen-bond donors (Lipinski definition) is 1. The van der Waals surface area contributed by atoms with Gasteiger partial charge in [0.25, 0.3) is 5.91 Å². The predicted octanol–water partition coefficient (Wildman–Crippen LogP) is 3.10. The summed E-state index contributed by atoms with van der Waals surface area (Å²) in [6.45, 7) is 3.46. The summed E-state index contributed by atoms with van der Waals surface area (Å²) >= 11 is 0. The Morgan fingerprint density at radius 1 is 1.31 bits per heavy atom. The molecular formula is C21H27N3O2. The van der Waals surface area contributed by atoms with Gasteiger partial charge in [-0.25, -0.2) is 4.98 Å². The van der Waals surface area contributed by atoms with Gasteiger partial charge in [0.1, 0.15) is 11.5 Å². The summed E-state index contributed by atoms with van der Waals surface area (Å²) in [4.78, 5) is 19.5. The Kier molecular flexibility index (Phi) is 4.35. The van der Waals surface area contributed by atoms with Crippen molar-refractivity contribution in [2.24, 2.45) is 18.9 Å². The summed E-state index contributed by atoms with van der Waals surface area (Å²) in [5, 5.41) is 11.0. The molecule has 2 aromatic rings. The number of aromatic nitrogens is 2. The Hall–Kier alpha value is -2.14. The quantitative estimate of drug-likeness (QED) is 0.922. The van der Waals surface area contributed by atoms with E-state index in [0.29, 0.717) is 18.2 Å². The number of hydrogen-bond acceptors (Lipinski definition) is 3. The van der Waals surface area contributed by atoms with Gasteiger partial charge < -0.3 is 14.6 Å². The van der Waals surface area contributed by atoms with E-state index in [9.17, 15) is 9.90 Å². The van der Waals surface area contributed by atoms with Crippen LogP contribution in [0.5, 0.6) is 0 Å². The molecule has 1 N–H and O–H groups in total. The molecule has 5 nitrogen and oxygen atoms in total. The van der Waals surface area contributed by atoms with E-state index >= 15 is 0 Å². The Balaban J connectivity index is 1.57. The topological polar surface area (TPSA) is 58.4 Å². The highest BCUT2D eigenvalue weighted by Gasteiger charge is 2.49. The maximum atomic E-state index is 13.1. The number of aliphatic hydroxyl groups is 1. The molecule has 1 saturated heterocycles. The van der Waals surface area contributed by atoms with E-state index in [-0.39, 0.29) is 11.8 Å². The lowest BCUT2D eigenvalue weighted by Crippen LogP contribution is -2.44. The molecule has 0 radical (unpaired) electrons. The largest absolute Gasteiger partial charge is 0.390 e. The molecule has 1 aromatic heterocycles. The van der Waals surface area contributed by atoms with Crippen LogP contribution in [-0.4, -0.2) is 44.2 Å². The minimum Gasteiger partial charge on any atom is -0.390 e. The molecule has 5 heteroatoms. The van der Waals surface area contributed by atoms with E-state index in [1.54, 1.807) is 6.20 Å². The fraction of sp³-hybridized carbons (Fsp3) is 0.524. The number of benzene rings is 1. The van der Waals surface area contributed by atoms with Crippen LogP contribution in [0.3, 0.4) is 0 Å². The van der Waals surface area contributed by atoms with E-state index < -0.39 is 5.60 Å². The van der Waals surface area contributed by atoms with Gasteiger partial charge in [-0.15, -0.1) is 0 Å². The maximum Gasteiger partial charge on any atom is 0.272 e. The van der Waals surface area contributed by atoms with Gasteiger partial charge in [-0.3, -0.25) is 4.79 Å². The second-order valence-corrected chi connectivity index (χ2v) is 7.82. The Labute approximate surface area is 154 Å². The first kappa shape index (κ1) is 17.3. The van der Waals surface area contributed by atoms with Crippen LogP contribution in [0.25, 0.3) is 11.4 Å². The third kappa shape index (κ3) is 2.75. The third-order valence-corrected chi connectivity index (χ3v) is 6.45. The van der Waals surface area contributed by atoms with Crippen LogP contribution in [0.15, 0.2) is 36.5 Å². The van der Waals surface area contributed by atoms with Gasteiger partial charge in [0.2, 0.25) is 0 Å². The predicted molar refractivity (Wildman–Crippen MR) is 101 cm³/mol. The van der Waals surface area contributed by atoms with Gasteiger partial charge in [-0.2, -0.15) is 0 Å². The molecular weight excluding hydrogens is 326 g/mol. The average Bonchev–Trinajstić information content (AvgIpc) is 3.27. The monoisotopic (exact) mass is 353 g/mol. The molecule has 1 aliphatic heterocycles. The number of carbonyl (C=O) groups is 1. The van der Waals surface area contributed by atoms with Crippen LogP contribution in [0, 0.1) is 11.8 Å². The van der Waals surface area contributed by atoms with E-state index in [1.807, 2.05) is 46.8 Å². The highest BCUT2D eigenvalue weighted by Crippen LogP contribution is 2.44. The zero-order valence-corrected chi connectivity index (χ0v) is 15.6. The van der Waals surface area contributed by atoms with Crippen molar-refractivity contribution < 1.29 is 9.90 Å². The first-order valence-electron chi connectivity index (χ1n) is 9.62. The second-order valence-electron chi connectivity index (χ2n) is 7.82. The molecule has 26 heavy (non-hydrogen) atoms. The van der Waals surface area contributed by atoms with E-state index in [4.69, 9.17) is 0 Å². The third-order valence-electron chi connectivity index (χ3n) is 6.45. The molecule has 2 heterocycles. The van der Waals surface area contributed by atoms with Crippen molar-refractivity contribution in [2.45, 2.75) is 38.2 Å². The fourth-order valence-corrected chi connectivity index (χ4v) is 4.86. The number of fused-ring (bicyclic) bond motifs is 1. The van der Waals surface area contributed by atoms with E-state index in [1.165, 1.54) is 0 Å². The zero-order valence-electron chi connectivity index (χ0n) is 15.6. The summed E-state index contributed by atoms with van der Waals surface area (Å²) in [5.41, 5.74) is 1.01. The minimum atomic E-state index is -0.612. The molecule has 2 aliphatic rings. The van der Waals surface area contributed by atoms with Crippen LogP contribution in [0.4, 0.5) is 0 Å². The summed E-state index contributed by atoms with van der Waals surface area (Å²) in [6.07, 6.45) is 5.46. The lowest BCUT2D eigenvalue weighted by atomic mass is 9.69. The van der Waals surface area contributed by atoms with E-state index in [2.05, 4.69) is 11.9 Å². The van der Waals surface area contributed by atoms with Crippen LogP contribution in [-0.2, 0) is 7.05 Å². The molecule has 1 amide bonds. The molecule has 3 atom stereocenters. The van der Waals surface area contributed by atoms with Crippen molar-refractivity contribution >= 4 is 5.91 Å². The van der Waals surface area contributed by atoms with Crippen molar-refractivity contribution in [1.82, 2.24) is 14.5 Å². The molecule has 2 fully saturated rings. The van der Waals surface area contributed by atoms with Crippen molar-refractivity contribution in [2.75, 3.05) is 13.1 Å². The fourth-order valence-electron chi connectivity index (χ4n) is 4.86. The van der Waals surface area contributed by atoms with Gasteiger partial charge in [-0.05, 0) is 25.2 Å². The summed E-state index contributed by atoms with van der Waals surface area (Å²) in [6, 6.07) is 9.93. The number of carbonyl (C=O) groups excluding carboxylic acids is 1. The molecule has 0 bridgehead atoms. The zero-order chi connectivity index (χ0) is 18.3. The average molecular weight is 353 g/mol. The highest BCUT2D eigenvalue weighted by molar-refractivity contribution is 5.93. The van der Waals surface area contributed by atoms with Gasteiger partial charge in [0.15, 0.2) is 0 Å². The number of rotatable bonds is 3. The number of likely N-dealkylation sites (tertiary alicyclic amines) is 1. The van der Waals surface area contributed by atoms with Crippen molar-refractivity contribution in [3.63, 3.8) is 0 Å². The van der Waals surface area contributed by atoms with Gasteiger partial charge >= 0.3 is 0 Å². The summed E-state index contributed by atoms with van der Waals surface area (Å²) < 4.78 is 1.88. The first-order chi connectivity index (χ1) is 12.5. The highest BCUT2D eigenvalue weighted by atomic mass is 16.3. The Morgan fingerprint density at radius 2 is 2.08 bits per heavy atom. The number of amides is 1. The SMILES string of the molecule is CC[C@]1(O)CCC[C@H]2CN(C(=O)c3cnc(-c4ccccc4)n3C)C[C@H]21. The number of nitrogens with zero attached hydrogens (tertiary/aromatic N) is 3. The van der Waals surface area contributed by atoms with Crippen LogP contribution in [0.1, 0.15) is 43.1 Å². The number of imidazole rings is 1. The van der Waals surface area contributed by atoms with Gasteiger partial charge in [0, 0.05) is 31.6 Å². The molecule has 1 saturated carbocycles. The molecule has 0 unspecified atom stereocenters. The Bertz CT molecular complexity index is 801. The summed E-state index contributed by atoms with van der Waals surface area (Å²) in [5.74, 6) is 1.44. The van der Waals surface area contributed by atoms with Crippen LogP contribution < -0.4 is 0 Å². The van der Waals surface area contributed by atoms with Gasteiger partial charge in [0.05, 0.1) is 11.8 Å². The first-order valence-corrected chi connectivity index (χ1v) is 9.62. The van der Waals surface area contributed by atoms with Gasteiger partial charge in [-0.1, -0.05) is 43.7 Å². The normalized spacial score (nSPS) is 28.2. The van der Waals surface area contributed by atoms with Crippen LogP contribution in [0.2, 0.25) is 0 Å². The smallest absolute Gasteiger partial charge is 0.272 e. The minimum absolute atomic E-state index is 0.0232. The molecule has 138 valence electrons. The van der Waals surface area contributed by atoms with Crippen molar-refractivity contribution in [3.05, 3.63) is 42.2 Å². The maximum absolute atomic E-state index is 13.1.